The molecule has 2 heterocycles. The second kappa shape index (κ2) is 14.6. The Morgan fingerprint density at radius 3 is 2.58 bits per heavy atom. The lowest BCUT2D eigenvalue weighted by Gasteiger charge is -2.37. The second-order valence-electron chi connectivity index (χ2n) is 10.3. The molecule has 0 aliphatic carbocycles. The number of ether oxygens (including phenoxy) is 1. The Kier molecular flexibility index (Phi) is 10.4. The van der Waals surface area contributed by atoms with Gasteiger partial charge in [0, 0.05) is 55.2 Å². The largest absolute Gasteiger partial charge is 0.507 e. The van der Waals surface area contributed by atoms with Crippen LogP contribution < -0.4 is 11.1 Å². The lowest BCUT2D eigenvalue weighted by molar-refractivity contribution is -0.126. The van der Waals surface area contributed by atoms with Crippen molar-refractivity contribution in [3.8, 4) is 0 Å². The molecule has 4 rings (SSSR count). The molecule has 0 radical (unpaired) electrons. The van der Waals surface area contributed by atoms with Crippen molar-refractivity contribution in [3.63, 3.8) is 0 Å². The molecule has 2 aliphatic heterocycles. The maximum Gasteiger partial charge on any atom is 0.410 e. The van der Waals surface area contributed by atoms with Crippen molar-refractivity contribution in [3.05, 3.63) is 82.6 Å². The molecule has 4 amide bonds. The zero-order valence-electron chi connectivity index (χ0n) is 24.2. The van der Waals surface area contributed by atoms with E-state index in [0.29, 0.717) is 44.4 Å². The van der Waals surface area contributed by atoms with Crippen molar-refractivity contribution in [1.82, 2.24) is 9.80 Å². The van der Waals surface area contributed by atoms with Crippen LogP contribution >= 0.6 is 0 Å². The molecule has 4 N–H and O–H groups in total. The van der Waals surface area contributed by atoms with Gasteiger partial charge < -0.3 is 30.7 Å². The van der Waals surface area contributed by atoms with E-state index in [0.717, 1.165) is 40.6 Å². The standard InChI is InChI=1S/C32H34N6O5/c1-22-19-24(20-23(2)29(22)33)21-28(30(40)35-14-5-12-34-13-6-18-39)43-32(42)37-15-10-26(11-16-37)38-17-9-25-7-3-4-8-27(25)36-31(38)41/h3-4,7-8,12,18-20,26,28,39H,9-11,15-17,21,33H2,1-2H3,(H,36,41)/t28-/m1/s1. The third kappa shape index (κ3) is 8.14. The van der Waals surface area contributed by atoms with Crippen molar-refractivity contribution in [2.24, 2.45) is 9.98 Å². The predicted molar refractivity (Wildman–Crippen MR) is 163 cm³/mol. The molecule has 222 valence electrons. The van der Waals surface area contributed by atoms with E-state index < -0.39 is 18.1 Å². The van der Waals surface area contributed by atoms with Gasteiger partial charge in [0.2, 0.25) is 0 Å². The molecule has 1 saturated heterocycles. The number of nitrogens with zero attached hydrogens (tertiary/aromatic N) is 4. The summed E-state index contributed by atoms with van der Waals surface area (Å²) >= 11 is 0. The fourth-order valence-corrected chi connectivity index (χ4v) is 5.19. The number of benzene rings is 2. The Balaban J connectivity index is 1.43. The SMILES string of the molecule is Cc1cc(C[C@@H](OC(=O)N2CCC(N3CCc4ccccc4NC3=O)CC2)C(=O)N=C=C=CN=C=C=CO)cc(C)c1N. The lowest BCUT2D eigenvalue weighted by atomic mass is 10.00. The van der Waals surface area contributed by atoms with Crippen molar-refractivity contribution in [2.45, 2.75) is 51.7 Å². The fourth-order valence-electron chi connectivity index (χ4n) is 5.19. The number of fused-ring (bicyclic) bond motifs is 1. The quantitative estimate of drug-likeness (QED) is 0.201. The average Bonchev–Trinajstić information content (AvgIpc) is 3.17. The van der Waals surface area contributed by atoms with Gasteiger partial charge in [-0.25, -0.2) is 9.59 Å². The first-order valence-electron chi connectivity index (χ1n) is 14.0. The number of carbonyl (C=O) groups excluding carboxylic acids is 3. The minimum atomic E-state index is -1.21. The molecule has 11 heteroatoms. The van der Waals surface area contributed by atoms with Gasteiger partial charge in [0.15, 0.2) is 6.10 Å². The minimum absolute atomic E-state index is 0.0246. The van der Waals surface area contributed by atoms with Crippen LogP contribution in [0.2, 0.25) is 0 Å². The number of carbonyl (C=O) groups is 3. The van der Waals surface area contributed by atoms with Crippen LogP contribution in [0.4, 0.5) is 21.0 Å². The molecule has 2 aliphatic rings. The van der Waals surface area contributed by atoms with Gasteiger partial charge >= 0.3 is 12.1 Å². The predicted octanol–water partition coefficient (Wildman–Crippen LogP) is 4.25. The van der Waals surface area contributed by atoms with E-state index in [2.05, 4.69) is 38.5 Å². The molecule has 0 bridgehead atoms. The smallest absolute Gasteiger partial charge is 0.410 e. The lowest BCUT2D eigenvalue weighted by Crippen LogP contribution is -2.50. The zero-order valence-corrected chi connectivity index (χ0v) is 24.2. The molecular formula is C32H34N6O5. The number of aliphatic imine (C=N–C) groups is 2. The number of nitrogens with one attached hydrogen (secondary N) is 1. The number of para-hydroxylation sites is 1. The van der Waals surface area contributed by atoms with Gasteiger partial charge in [-0.2, -0.15) is 9.98 Å². The summed E-state index contributed by atoms with van der Waals surface area (Å²) in [5.74, 6) is 3.89. The Morgan fingerprint density at radius 1 is 1.14 bits per heavy atom. The van der Waals surface area contributed by atoms with Crippen LogP contribution in [0.3, 0.4) is 0 Å². The number of hydrogen-bond donors (Lipinski definition) is 3. The average molecular weight is 583 g/mol. The molecule has 2 aromatic carbocycles. The number of aryl methyl sites for hydroxylation is 2. The summed E-state index contributed by atoms with van der Waals surface area (Å²) in [5, 5.41) is 11.5. The maximum atomic E-state index is 13.2. The highest BCUT2D eigenvalue weighted by Crippen LogP contribution is 2.25. The minimum Gasteiger partial charge on any atom is -0.507 e. The number of likely N-dealkylation sites (tertiary alicyclic amines) is 1. The Morgan fingerprint density at radius 2 is 1.86 bits per heavy atom. The van der Waals surface area contributed by atoms with Crippen LogP contribution in [0.5, 0.6) is 0 Å². The number of rotatable bonds is 6. The van der Waals surface area contributed by atoms with E-state index in [1.165, 1.54) is 0 Å². The normalized spacial score (nSPS) is 15.2. The van der Waals surface area contributed by atoms with Crippen molar-refractivity contribution < 1.29 is 24.2 Å². The van der Waals surface area contributed by atoms with E-state index in [9.17, 15) is 14.4 Å². The second-order valence-corrected chi connectivity index (χ2v) is 10.3. The Labute approximate surface area is 250 Å². The molecule has 43 heavy (non-hydrogen) atoms. The molecule has 0 unspecified atom stereocenters. The third-order valence-corrected chi connectivity index (χ3v) is 7.45. The van der Waals surface area contributed by atoms with Gasteiger partial charge in [0.25, 0.3) is 5.91 Å². The van der Waals surface area contributed by atoms with E-state index in [4.69, 9.17) is 15.6 Å². The fraction of sp³-hybridized carbons (Fsp3) is 0.344. The van der Waals surface area contributed by atoms with Crippen molar-refractivity contribution in [1.29, 1.82) is 0 Å². The molecule has 1 atom stereocenters. The Hall–Kier alpha value is -5.29. The van der Waals surface area contributed by atoms with Gasteiger partial charge in [-0.1, -0.05) is 30.3 Å². The number of amides is 4. The third-order valence-electron chi connectivity index (χ3n) is 7.45. The van der Waals surface area contributed by atoms with E-state index in [1.54, 1.807) is 4.90 Å². The number of anilines is 2. The first-order chi connectivity index (χ1) is 20.8. The van der Waals surface area contributed by atoms with Crippen molar-refractivity contribution >= 4 is 41.1 Å². The van der Waals surface area contributed by atoms with E-state index in [-0.39, 0.29) is 18.5 Å². The van der Waals surface area contributed by atoms with E-state index in [1.807, 2.05) is 55.1 Å². The summed E-state index contributed by atoms with van der Waals surface area (Å²) in [7, 11) is 0. The van der Waals surface area contributed by atoms with Crippen LogP contribution in [0.15, 0.2) is 70.3 Å². The number of aliphatic hydroxyl groups excluding tert-OH is 1. The summed E-state index contributed by atoms with van der Waals surface area (Å²) < 4.78 is 5.70. The highest BCUT2D eigenvalue weighted by molar-refractivity contribution is 5.91. The number of hydrogen-bond acceptors (Lipinski definition) is 7. The molecule has 1 fully saturated rings. The number of nitrogens with two attached hydrogens (primary N) is 1. The Bertz CT molecular complexity index is 1560. The van der Waals surface area contributed by atoms with E-state index >= 15 is 0 Å². The van der Waals surface area contributed by atoms with Crippen LogP contribution in [0, 0.1) is 13.8 Å². The molecule has 2 aromatic rings. The topological polar surface area (TPSA) is 150 Å². The first kappa shape index (κ1) is 30.7. The van der Waals surface area contributed by atoms with Crippen LogP contribution in [0.1, 0.15) is 35.1 Å². The molecule has 0 aromatic heterocycles. The molecule has 0 saturated carbocycles. The summed E-state index contributed by atoms with van der Waals surface area (Å²) in [5.41, 5.74) is 15.8. The van der Waals surface area contributed by atoms with Crippen molar-refractivity contribution in [2.75, 3.05) is 30.7 Å². The zero-order chi connectivity index (χ0) is 30.8. The maximum absolute atomic E-state index is 13.2. The number of urea groups is 1. The van der Waals surface area contributed by atoms with Crippen LogP contribution in [0.25, 0.3) is 0 Å². The summed E-state index contributed by atoms with van der Waals surface area (Å²) in [4.78, 5) is 49.9. The van der Waals surface area contributed by atoms with Gasteiger partial charge in [0.05, 0.1) is 6.20 Å². The summed E-state index contributed by atoms with van der Waals surface area (Å²) in [6.45, 7) is 5.08. The highest BCUT2D eigenvalue weighted by Gasteiger charge is 2.33. The first-order valence-corrected chi connectivity index (χ1v) is 14.0. The van der Waals surface area contributed by atoms with Crippen LogP contribution in [-0.2, 0) is 22.4 Å². The van der Waals surface area contributed by atoms with Gasteiger partial charge in [0.1, 0.15) is 6.26 Å². The van der Waals surface area contributed by atoms with Crippen LogP contribution in [-0.4, -0.2) is 76.5 Å². The van der Waals surface area contributed by atoms with Gasteiger partial charge in [-0.05, 0) is 72.9 Å². The van der Waals surface area contributed by atoms with Gasteiger partial charge in [-0.15, -0.1) is 0 Å². The number of nitrogen functional groups attached to an aromatic ring is 1. The number of piperidine rings is 1. The molecular weight excluding hydrogens is 548 g/mol. The summed E-state index contributed by atoms with van der Waals surface area (Å²) in [6.07, 6.45) is 1.94. The monoisotopic (exact) mass is 582 g/mol. The molecule has 11 nitrogen and oxygen atoms in total. The highest BCUT2D eigenvalue weighted by atomic mass is 16.6. The van der Waals surface area contributed by atoms with Gasteiger partial charge in [-0.3, -0.25) is 4.79 Å². The molecule has 0 spiro atoms. The summed E-state index contributed by atoms with van der Waals surface area (Å²) in [6, 6.07) is 11.3. The number of aliphatic hydroxyl groups is 1.